The number of hydrogen-bond donors (Lipinski definition) is 1. The van der Waals surface area contributed by atoms with Gasteiger partial charge in [0.25, 0.3) is 0 Å². The summed E-state index contributed by atoms with van der Waals surface area (Å²) >= 11 is 0. The zero-order valence-corrected chi connectivity index (χ0v) is 14.1. The Balaban J connectivity index is 1.68. The highest BCUT2D eigenvalue weighted by molar-refractivity contribution is 6.02. The van der Waals surface area contributed by atoms with Crippen LogP contribution in [0.4, 0.5) is 0 Å². The number of carbonyl (C=O) groups is 1. The molecule has 4 fully saturated rings. The first-order valence-corrected chi connectivity index (χ1v) is 9.39. The highest BCUT2D eigenvalue weighted by atomic mass is 16.2. The molecule has 0 amide bonds. The van der Waals surface area contributed by atoms with E-state index < -0.39 is 0 Å². The normalized spacial score (nSPS) is 53.0. The standard InChI is InChI=1S/C20H30O2/c1-19-9-4-3-5-14(19)6-7-15-16(19)8-10-20(2)17(15)11-13(12-21)18(20)22/h12,14-17,21H,3-11H2,1-2H3/t14?,15-,16-,17+,19+,20+/m1/s1. The summed E-state index contributed by atoms with van der Waals surface area (Å²) in [4.78, 5) is 12.7. The SMILES string of the molecule is C[C@]12CCCCC1CC[C@@H]1[C@H]2CC[C@]2(C)C(=O)C(=CO)C[C@@H]12. The Morgan fingerprint density at radius 1 is 1.05 bits per heavy atom. The minimum Gasteiger partial charge on any atom is -0.515 e. The zero-order valence-electron chi connectivity index (χ0n) is 14.1. The van der Waals surface area contributed by atoms with E-state index in [4.69, 9.17) is 0 Å². The third-order valence-corrected chi connectivity index (χ3v) is 8.38. The van der Waals surface area contributed by atoms with Crippen molar-refractivity contribution in [2.75, 3.05) is 0 Å². The Hall–Kier alpha value is -0.790. The van der Waals surface area contributed by atoms with Gasteiger partial charge in [-0.1, -0.05) is 26.7 Å². The van der Waals surface area contributed by atoms with Gasteiger partial charge < -0.3 is 5.11 Å². The Morgan fingerprint density at radius 2 is 1.86 bits per heavy atom. The van der Waals surface area contributed by atoms with Crippen molar-refractivity contribution in [2.45, 2.75) is 71.6 Å². The van der Waals surface area contributed by atoms with Crippen molar-refractivity contribution in [3.8, 4) is 0 Å². The van der Waals surface area contributed by atoms with Crippen molar-refractivity contribution in [3.63, 3.8) is 0 Å². The van der Waals surface area contributed by atoms with Gasteiger partial charge in [-0.2, -0.15) is 0 Å². The monoisotopic (exact) mass is 302 g/mol. The van der Waals surface area contributed by atoms with Crippen LogP contribution < -0.4 is 0 Å². The molecule has 1 N–H and O–H groups in total. The van der Waals surface area contributed by atoms with Gasteiger partial charge in [-0.3, -0.25) is 4.79 Å². The van der Waals surface area contributed by atoms with Gasteiger partial charge in [0.15, 0.2) is 5.78 Å². The van der Waals surface area contributed by atoms with E-state index in [9.17, 15) is 9.90 Å². The molecule has 122 valence electrons. The molecule has 22 heavy (non-hydrogen) atoms. The summed E-state index contributed by atoms with van der Waals surface area (Å²) in [6, 6.07) is 0. The maximum absolute atomic E-state index is 12.7. The second-order valence-corrected chi connectivity index (χ2v) is 9.05. The van der Waals surface area contributed by atoms with Crippen LogP contribution in [0.25, 0.3) is 0 Å². The molecule has 2 nitrogen and oxygen atoms in total. The Bertz CT molecular complexity index is 522. The molecular weight excluding hydrogens is 272 g/mol. The maximum Gasteiger partial charge on any atom is 0.168 e. The number of aliphatic hydroxyl groups excluding tert-OH is 1. The average Bonchev–Trinajstić information content (AvgIpc) is 2.78. The lowest BCUT2D eigenvalue weighted by Crippen LogP contribution is -2.52. The van der Waals surface area contributed by atoms with E-state index in [1.165, 1.54) is 44.9 Å². The van der Waals surface area contributed by atoms with E-state index in [0.717, 1.165) is 30.9 Å². The molecule has 2 heteroatoms. The number of hydrogen-bond acceptors (Lipinski definition) is 2. The Labute approximate surface area is 134 Å². The fourth-order valence-electron chi connectivity index (χ4n) is 7.08. The van der Waals surface area contributed by atoms with E-state index in [2.05, 4.69) is 13.8 Å². The van der Waals surface area contributed by atoms with Crippen LogP contribution in [0, 0.1) is 34.5 Å². The molecular formula is C20H30O2. The first kappa shape index (κ1) is 14.8. The molecule has 0 bridgehead atoms. The largest absolute Gasteiger partial charge is 0.515 e. The number of ketones is 1. The molecule has 4 aliphatic carbocycles. The average molecular weight is 302 g/mol. The number of allylic oxidation sites excluding steroid dienone is 1. The molecule has 0 saturated heterocycles. The lowest BCUT2D eigenvalue weighted by Gasteiger charge is -2.59. The molecule has 6 atom stereocenters. The Morgan fingerprint density at radius 3 is 2.64 bits per heavy atom. The van der Waals surface area contributed by atoms with Crippen LogP contribution in [0.3, 0.4) is 0 Å². The van der Waals surface area contributed by atoms with Crippen LogP contribution in [0.2, 0.25) is 0 Å². The van der Waals surface area contributed by atoms with Gasteiger partial charge in [0.2, 0.25) is 0 Å². The predicted molar refractivity (Wildman–Crippen MR) is 87.4 cm³/mol. The fraction of sp³-hybridized carbons (Fsp3) is 0.850. The molecule has 4 saturated carbocycles. The summed E-state index contributed by atoms with van der Waals surface area (Å²) in [5.41, 5.74) is 1.04. The minimum absolute atomic E-state index is 0.187. The van der Waals surface area contributed by atoms with Gasteiger partial charge in [-0.05, 0) is 74.0 Å². The van der Waals surface area contributed by atoms with Crippen LogP contribution >= 0.6 is 0 Å². The molecule has 4 aliphatic rings. The summed E-state index contributed by atoms with van der Waals surface area (Å²) in [7, 11) is 0. The molecule has 1 unspecified atom stereocenters. The number of Topliss-reactive ketones (excluding diaryl/α,β-unsaturated/α-hetero) is 1. The molecule has 0 aromatic rings. The summed E-state index contributed by atoms with van der Waals surface area (Å²) in [5, 5.41) is 9.45. The molecule has 0 aromatic carbocycles. The van der Waals surface area contributed by atoms with Gasteiger partial charge in [0.05, 0.1) is 6.26 Å². The van der Waals surface area contributed by atoms with Crippen LogP contribution in [0.5, 0.6) is 0 Å². The van der Waals surface area contributed by atoms with E-state index in [0.29, 0.717) is 22.8 Å². The molecule has 0 radical (unpaired) electrons. The summed E-state index contributed by atoms with van der Waals surface area (Å²) in [6.07, 6.45) is 12.6. The van der Waals surface area contributed by atoms with Gasteiger partial charge in [0, 0.05) is 11.0 Å². The second kappa shape index (κ2) is 4.85. The highest BCUT2D eigenvalue weighted by Crippen LogP contribution is 2.65. The zero-order chi connectivity index (χ0) is 15.5. The second-order valence-electron chi connectivity index (χ2n) is 9.05. The third-order valence-electron chi connectivity index (χ3n) is 8.38. The van der Waals surface area contributed by atoms with Crippen LogP contribution in [0.15, 0.2) is 11.8 Å². The summed E-state index contributed by atoms with van der Waals surface area (Å²) < 4.78 is 0. The number of aliphatic hydroxyl groups is 1. The molecule has 0 aliphatic heterocycles. The summed E-state index contributed by atoms with van der Waals surface area (Å²) in [6.45, 7) is 4.75. The van der Waals surface area contributed by atoms with Crippen LogP contribution in [-0.4, -0.2) is 10.9 Å². The van der Waals surface area contributed by atoms with Gasteiger partial charge in [-0.25, -0.2) is 0 Å². The fourth-order valence-corrected chi connectivity index (χ4v) is 7.08. The van der Waals surface area contributed by atoms with Gasteiger partial charge in [-0.15, -0.1) is 0 Å². The number of fused-ring (bicyclic) bond motifs is 5. The van der Waals surface area contributed by atoms with Gasteiger partial charge >= 0.3 is 0 Å². The Kier molecular flexibility index (Phi) is 3.26. The van der Waals surface area contributed by atoms with Crippen molar-refractivity contribution < 1.29 is 9.90 Å². The minimum atomic E-state index is -0.187. The van der Waals surface area contributed by atoms with Crippen molar-refractivity contribution in [2.24, 2.45) is 34.5 Å². The van der Waals surface area contributed by atoms with Crippen LogP contribution in [0.1, 0.15) is 71.6 Å². The molecule has 0 heterocycles. The van der Waals surface area contributed by atoms with E-state index >= 15 is 0 Å². The van der Waals surface area contributed by atoms with Crippen molar-refractivity contribution in [1.29, 1.82) is 0 Å². The van der Waals surface area contributed by atoms with Gasteiger partial charge in [0.1, 0.15) is 0 Å². The van der Waals surface area contributed by atoms with Crippen molar-refractivity contribution in [3.05, 3.63) is 11.8 Å². The van der Waals surface area contributed by atoms with Crippen molar-refractivity contribution in [1.82, 2.24) is 0 Å². The van der Waals surface area contributed by atoms with E-state index in [-0.39, 0.29) is 11.2 Å². The first-order chi connectivity index (χ1) is 10.5. The van der Waals surface area contributed by atoms with E-state index in [1.807, 2.05) is 0 Å². The molecule has 0 spiro atoms. The van der Waals surface area contributed by atoms with E-state index in [1.54, 1.807) is 0 Å². The predicted octanol–water partition coefficient (Wildman–Crippen LogP) is 5.04. The number of rotatable bonds is 0. The topological polar surface area (TPSA) is 37.3 Å². The quantitative estimate of drug-likeness (QED) is 0.503. The van der Waals surface area contributed by atoms with Crippen LogP contribution in [-0.2, 0) is 4.79 Å². The summed E-state index contributed by atoms with van der Waals surface area (Å²) in [5.74, 6) is 3.18. The number of carbonyl (C=O) groups excluding carboxylic acids is 1. The lowest BCUT2D eigenvalue weighted by molar-refractivity contribution is -0.137. The molecule has 0 aromatic heterocycles. The smallest absolute Gasteiger partial charge is 0.168 e. The maximum atomic E-state index is 12.7. The molecule has 4 rings (SSSR count). The van der Waals surface area contributed by atoms with Crippen molar-refractivity contribution >= 4 is 5.78 Å². The third kappa shape index (κ3) is 1.76. The first-order valence-electron chi connectivity index (χ1n) is 9.39. The lowest BCUT2D eigenvalue weighted by atomic mass is 9.45. The highest BCUT2D eigenvalue weighted by Gasteiger charge is 2.60.